The summed E-state index contributed by atoms with van der Waals surface area (Å²) < 4.78 is 99.9. The van der Waals surface area contributed by atoms with Crippen molar-refractivity contribution in [3.05, 3.63) is 53.3 Å². The van der Waals surface area contributed by atoms with Gasteiger partial charge >= 0.3 is 12.5 Å². The third-order valence-corrected chi connectivity index (χ3v) is 4.24. The van der Waals surface area contributed by atoms with Crippen molar-refractivity contribution in [1.29, 1.82) is 0 Å². The van der Waals surface area contributed by atoms with Crippen molar-refractivity contribution < 1.29 is 39.9 Å². The van der Waals surface area contributed by atoms with Crippen molar-refractivity contribution in [2.75, 3.05) is 5.32 Å². The van der Waals surface area contributed by atoms with Crippen LogP contribution >= 0.6 is 0 Å². The molecule has 0 aliphatic heterocycles. The Hall–Kier alpha value is -3.84. The highest BCUT2D eigenvalue weighted by Gasteiger charge is 2.39. The first-order valence-corrected chi connectivity index (χ1v) is 8.66. The van der Waals surface area contributed by atoms with Crippen molar-refractivity contribution in [2.45, 2.75) is 19.1 Å². The third kappa shape index (κ3) is 4.58. The Morgan fingerprint density at radius 3 is 2.47 bits per heavy atom. The number of hydrogen-bond acceptors (Lipinski definition) is 6. The first-order chi connectivity index (χ1) is 15.0. The maximum atomic E-state index is 14.4. The van der Waals surface area contributed by atoms with Gasteiger partial charge in [-0.15, -0.1) is 23.4 Å². The zero-order valence-electron chi connectivity index (χ0n) is 15.5. The predicted octanol–water partition coefficient (Wildman–Crippen LogP) is 5.28. The number of rotatable bonds is 5. The van der Waals surface area contributed by atoms with E-state index < -0.39 is 29.7 Å². The molecule has 0 aliphatic rings. The summed E-state index contributed by atoms with van der Waals surface area (Å²) in [6.45, 7) is -0.263. The molecule has 0 saturated heterocycles. The molecule has 2 heterocycles. The largest absolute Gasteiger partial charge is 0.573 e. The van der Waals surface area contributed by atoms with Gasteiger partial charge in [0.1, 0.15) is 17.1 Å². The van der Waals surface area contributed by atoms with Gasteiger partial charge in [0.2, 0.25) is 5.82 Å². The van der Waals surface area contributed by atoms with Crippen LogP contribution in [0.25, 0.3) is 22.6 Å². The molecule has 168 valence electrons. The van der Waals surface area contributed by atoms with Crippen LogP contribution in [0.3, 0.4) is 0 Å². The minimum atomic E-state index is -5.29. The maximum absolute atomic E-state index is 14.4. The number of furan rings is 1. The first kappa shape index (κ1) is 21.4. The molecule has 0 spiro atoms. The van der Waals surface area contributed by atoms with Crippen molar-refractivity contribution in [1.82, 2.24) is 20.6 Å². The number of aromatic nitrogens is 4. The van der Waals surface area contributed by atoms with E-state index in [-0.39, 0.29) is 35.0 Å². The van der Waals surface area contributed by atoms with E-state index in [1.807, 2.05) is 0 Å². The number of tetrazole rings is 1. The van der Waals surface area contributed by atoms with Crippen molar-refractivity contribution in [3.63, 3.8) is 0 Å². The van der Waals surface area contributed by atoms with Crippen LogP contribution in [0.1, 0.15) is 11.1 Å². The minimum absolute atomic E-state index is 0.0714. The Morgan fingerprint density at radius 2 is 1.81 bits per heavy atom. The molecule has 2 aromatic carbocycles. The minimum Gasteiger partial charge on any atom is -0.452 e. The van der Waals surface area contributed by atoms with Crippen LogP contribution in [0.4, 0.5) is 36.4 Å². The Kier molecular flexibility index (Phi) is 5.14. The summed E-state index contributed by atoms with van der Waals surface area (Å²) in [6, 6.07) is 5.94. The molecule has 0 amide bonds. The summed E-state index contributed by atoms with van der Waals surface area (Å²) in [7, 11) is 0. The molecule has 0 unspecified atom stereocenters. The van der Waals surface area contributed by atoms with Gasteiger partial charge < -0.3 is 14.5 Å². The number of fused-ring (bicyclic) bond motifs is 1. The van der Waals surface area contributed by atoms with Crippen LogP contribution in [-0.2, 0) is 12.7 Å². The number of alkyl halides is 6. The summed E-state index contributed by atoms with van der Waals surface area (Å²) in [5, 5.41) is 16.1. The average Bonchev–Trinajstić information content (AvgIpc) is 3.34. The molecule has 2 N–H and O–H groups in total. The monoisotopic (exact) mass is 461 g/mol. The fraction of sp³-hybridized carbons (Fsp3) is 0.167. The molecular formula is C18H10F7N5O2. The highest BCUT2D eigenvalue weighted by atomic mass is 19.4. The molecule has 32 heavy (non-hydrogen) atoms. The van der Waals surface area contributed by atoms with Crippen molar-refractivity contribution in [3.8, 4) is 17.3 Å². The van der Waals surface area contributed by atoms with E-state index in [0.717, 1.165) is 12.1 Å². The first-order valence-electron chi connectivity index (χ1n) is 8.66. The van der Waals surface area contributed by atoms with E-state index in [9.17, 15) is 30.7 Å². The van der Waals surface area contributed by atoms with E-state index in [1.165, 1.54) is 12.1 Å². The standard InChI is InChI=1S/C18H10F7N5O2/c19-12-6-14-8(4-15(31-14)16-27-29-30-28-16)3-9(12)7-26-10-1-2-13(32-18(23,24)25)11(5-10)17(20,21)22/h1-6,26H,7H2,(H,27,28,29,30). The number of ether oxygens (including phenoxy) is 1. The van der Waals surface area contributed by atoms with Crippen LogP contribution in [0.2, 0.25) is 0 Å². The lowest BCUT2D eigenvalue weighted by atomic mass is 10.1. The van der Waals surface area contributed by atoms with E-state index in [4.69, 9.17) is 4.42 Å². The summed E-state index contributed by atoms with van der Waals surface area (Å²) >= 11 is 0. The van der Waals surface area contributed by atoms with E-state index in [0.29, 0.717) is 17.5 Å². The van der Waals surface area contributed by atoms with Gasteiger partial charge in [0.15, 0.2) is 5.76 Å². The van der Waals surface area contributed by atoms with Gasteiger partial charge in [-0.05, 0) is 35.5 Å². The summed E-state index contributed by atoms with van der Waals surface area (Å²) in [4.78, 5) is 0. The van der Waals surface area contributed by atoms with Crippen molar-refractivity contribution in [2.24, 2.45) is 0 Å². The zero-order valence-corrected chi connectivity index (χ0v) is 15.5. The SMILES string of the molecule is Fc1cc2oc(-c3nn[nH]n3)cc2cc1CNc1ccc(OC(F)(F)F)c(C(F)(F)F)c1. The lowest BCUT2D eigenvalue weighted by Gasteiger charge is -2.17. The molecule has 0 bridgehead atoms. The predicted molar refractivity (Wildman–Crippen MR) is 94.8 cm³/mol. The number of anilines is 1. The second-order valence-corrected chi connectivity index (χ2v) is 6.44. The number of nitrogens with one attached hydrogen (secondary N) is 2. The molecule has 0 fully saturated rings. The molecule has 4 rings (SSSR count). The van der Waals surface area contributed by atoms with Crippen LogP contribution in [0.5, 0.6) is 5.75 Å². The number of halogens is 7. The second kappa shape index (κ2) is 7.69. The second-order valence-electron chi connectivity index (χ2n) is 6.44. The molecule has 2 aromatic heterocycles. The number of H-pyrrole nitrogens is 1. The third-order valence-electron chi connectivity index (χ3n) is 4.24. The van der Waals surface area contributed by atoms with Crippen molar-refractivity contribution >= 4 is 16.7 Å². The summed E-state index contributed by atoms with van der Waals surface area (Å²) in [5.41, 5.74) is -1.57. The van der Waals surface area contributed by atoms with E-state index in [2.05, 4.69) is 30.7 Å². The Morgan fingerprint density at radius 1 is 1.03 bits per heavy atom. The fourth-order valence-electron chi connectivity index (χ4n) is 2.89. The lowest BCUT2D eigenvalue weighted by Crippen LogP contribution is -2.20. The topological polar surface area (TPSA) is 88.9 Å². The molecule has 14 heteroatoms. The number of aromatic amines is 1. The molecule has 0 saturated carbocycles. The molecule has 0 atom stereocenters. The lowest BCUT2D eigenvalue weighted by molar-refractivity contribution is -0.276. The summed E-state index contributed by atoms with van der Waals surface area (Å²) in [5.74, 6) is -1.75. The normalized spacial score (nSPS) is 12.3. The fourth-order valence-corrected chi connectivity index (χ4v) is 2.89. The van der Waals surface area contributed by atoms with Crippen LogP contribution in [-0.4, -0.2) is 27.0 Å². The van der Waals surface area contributed by atoms with Crippen LogP contribution in [0, 0.1) is 5.82 Å². The smallest absolute Gasteiger partial charge is 0.452 e. The van der Waals surface area contributed by atoms with E-state index >= 15 is 0 Å². The van der Waals surface area contributed by atoms with Gasteiger partial charge in [0.25, 0.3) is 0 Å². The molecule has 0 radical (unpaired) electrons. The van der Waals surface area contributed by atoms with Gasteiger partial charge in [-0.25, -0.2) is 4.39 Å². The zero-order chi connectivity index (χ0) is 23.1. The Bertz CT molecular complexity index is 1250. The molecule has 7 nitrogen and oxygen atoms in total. The number of nitrogens with zero attached hydrogens (tertiary/aromatic N) is 3. The number of benzene rings is 2. The summed E-state index contributed by atoms with van der Waals surface area (Å²) in [6.07, 6.45) is -10.4. The van der Waals surface area contributed by atoms with Crippen LogP contribution < -0.4 is 10.1 Å². The quantitative estimate of drug-likeness (QED) is 0.393. The average molecular weight is 461 g/mol. The number of hydrogen-bond donors (Lipinski definition) is 2. The molecular weight excluding hydrogens is 451 g/mol. The van der Waals surface area contributed by atoms with Gasteiger partial charge in [0, 0.05) is 29.2 Å². The Balaban J connectivity index is 1.58. The van der Waals surface area contributed by atoms with Gasteiger partial charge in [-0.2, -0.15) is 18.4 Å². The van der Waals surface area contributed by atoms with Crippen LogP contribution in [0.15, 0.2) is 40.8 Å². The maximum Gasteiger partial charge on any atom is 0.573 e. The van der Waals surface area contributed by atoms with E-state index in [1.54, 1.807) is 0 Å². The highest BCUT2D eigenvalue weighted by molar-refractivity contribution is 5.82. The van der Waals surface area contributed by atoms with Gasteiger partial charge in [0.05, 0.1) is 5.56 Å². The Labute approximate surface area is 173 Å². The molecule has 4 aromatic rings. The molecule has 0 aliphatic carbocycles. The van der Waals surface area contributed by atoms with Gasteiger partial charge in [-0.1, -0.05) is 0 Å². The van der Waals surface area contributed by atoms with Gasteiger partial charge in [-0.3, -0.25) is 0 Å². The highest BCUT2D eigenvalue weighted by Crippen LogP contribution is 2.40.